The van der Waals surface area contributed by atoms with Crippen molar-refractivity contribution in [3.05, 3.63) is 57.3 Å². The van der Waals surface area contributed by atoms with Crippen molar-refractivity contribution in [1.82, 2.24) is 0 Å². The lowest BCUT2D eigenvalue weighted by Gasteiger charge is -2.12. The van der Waals surface area contributed by atoms with Crippen molar-refractivity contribution in [3.8, 4) is 0 Å². The smallest absolute Gasteiger partial charge is 0.146 e. The molecule has 2 rings (SSSR count). The van der Waals surface area contributed by atoms with Gasteiger partial charge in [0, 0.05) is 20.7 Å². The Balaban J connectivity index is 2.45. The second-order valence-corrected chi connectivity index (χ2v) is 5.60. The quantitative estimate of drug-likeness (QED) is 0.785. The van der Waals surface area contributed by atoms with E-state index in [9.17, 15) is 4.39 Å². The molecule has 2 nitrogen and oxygen atoms in total. The van der Waals surface area contributed by atoms with Gasteiger partial charge in [0.2, 0.25) is 0 Å². The molecule has 0 spiro atoms. The van der Waals surface area contributed by atoms with Gasteiger partial charge in [-0.3, -0.25) is 0 Å². The summed E-state index contributed by atoms with van der Waals surface area (Å²) >= 11 is 14.2. The number of benzene rings is 2. The number of halogens is 3. The van der Waals surface area contributed by atoms with E-state index in [0.717, 1.165) is 4.47 Å². The van der Waals surface area contributed by atoms with Gasteiger partial charge in [-0.25, -0.2) is 4.39 Å². The van der Waals surface area contributed by atoms with Crippen LogP contribution in [0.4, 0.5) is 15.8 Å². The lowest BCUT2D eigenvalue weighted by molar-refractivity contribution is 0.632. The number of thiocarbonyl (C=S) groups is 1. The van der Waals surface area contributed by atoms with Crippen LogP contribution in [-0.4, -0.2) is 4.99 Å². The van der Waals surface area contributed by atoms with E-state index in [4.69, 9.17) is 29.6 Å². The fourth-order valence-electron chi connectivity index (χ4n) is 1.57. The summed E-state index contributed by atoms with van der Waals surface area (Å²) in [4.78, 5) is 0.234. The van der Waals surface area contributed by atoms with Crippen molar-refractivity contribution < 1.29 is 4.39 Å². The van der Waals surface area contributed by atoms with Gasteiger partial charge in [-0.2, -0.15) is 0 Å². The average Bonchev–Trinajstić information content (AvgIpc) is 2.33. The third-order valence-corrected chi connectivity index (χ3v) is 3.39. The highest BCUT2D eigenvalue weighted by atomic mass is 79.9. The summed E-state index contributed by atoms with van der Waals surface area (Å²) in [6.45, 7) is 0. The van der Waals surface area contributed by atoms with Crippen molar-refractivity contribution in [2.24, 2.45) is 5.73 Å². The fourth-order valence-corrected chi connectivity index (χ4v) is 2.28. The summed E-state index contributed by atoms with van der Waals surface area (Å²) in [6, 6.07) is 9.63. The molecule has 3 N–H and O–H groups in total. The van der Waals surface area contributed by atoms with E-state index < -0.39 is 5.82 Å². The van der Waals surface area contributed by atoms with Gasteiger partial charge >= 0.3 is 0 Å². The van der Waals surface area contributed by atoms with Gasteiger partial charge in [0.15, 0.2) is 0 Å². The molecule has 98 valence electrons. The minimum absolute atomic E-state index is 0.234. The van der Waals surface area contributed by atoms with Crippen molar-refractivity contribution in [1.29, 1.82) is 0 Å². The molecular formula is C13H9BrClFN2S. The Morgan fingerprint density at radius 1 is 1.21 bits per heavy atom. The monoisotopic (exact) mass is 358 g/mol. The Bertz CT molecular complexity index is 649. The third-order valence-electron chi connectivity index (χ3n) is 2.44. The zero-order chi connectivity index (χ0) is 14.0. The van der Waals surface area contributed by atoms with E-state index in [1.807, 2.05) is 6.07 Å². The first-order valence-corrected chi connectivity index (χ1v) is 6.87. The van der Waals surface area contributed by atoms with Gasteiger partial charge in [0.25, 0.3) is 0 Å². The molecule has 0 fully saturated rings. The Morgan fingerprint density at radius 2 is 1.95 bits per heavy atom. The first kappa shape index (κ1) is 14.2. The molecule has 0 radical (unpaired) electrons. The molecule has 0 amide bonds. The summed E-state index contributed by atoms with van der Waals surface area (Å²) in [5.41, 5.74) is 7.16. The second-order valence-electron chi connectivity index (χ2n) is 3.80. The van der Waals surface area contributed by atoms with Gasteiger partial charge in [-0.15, -0.1) is 0 Å². The number of rotatable bonds is 3. The van der Waals surface area contributed by atoms with Crippen LogP contribution in [0.25, 0.3) is 0 Å². The Hall–Kier alpha value is -1.17. The van der Waals surface area contributed by atoms with E-state index in [-0.39, 0.29) is 10.7 Å². The summed E-state index contributed by atoms with van der Waals surface area (Å²) < 4.78 is 14.5. The molecule has 2 aromatic rings. The SMILES string of the molecule is NC(=S)c1ccc(Br)cc1Nc1cc(Cl)ccc1F. The van der Waals surface area contributed by atoms with E-state index in [0.29, 0.717) is 16.3 Å². The zero-order valence-electron chi connectivity index (χ0n) is 9.58. The summed E-state index contributed by atoms with van der Waals surface area (Å²) in [5, 5.41) is 3.39. The molecule has 6 heteroatoms. The molecule has 0 saturated carbocycles. The maximum atomic E-state index is 13.7. The Labute approximate surface area is 128 Å². The first-order valence-electron chi connectivity index (χ1n) is 5.29. The molecule has 0 aromatic heterocycles. The van der Waals surface area contributed by atoms with Gasteiger partial charge in [0.05, 0.1) is 5.69 Å². The molecule has 0 saturated heterocycles. The number of nitrogens with two attached hydrogens (primary N) is 1. The fraction of sp³-hybridized carbons (Fsp3) is 0. The molecule has 2 aromatic carbocycles. The molecule has 0 unspecified atom stereocenters. The highest BCUT2D eigenvalue weighted by molar-refractivity contribution is 9.10. The van der Waals surface area contributed by atoms with Crippen LogP contribution in [0.1, 0.15) is 5.56 Å². The average molecular weight is 360 g/mol. The maximum Gasteiger partial charge on any atom is 0.146 e. The standard InChI is InChI=1S/C13H9BrClFN2S/c14-7-1-3-9(13(17)19)11(5-7)18-12-6-8(15)2-4-10(12)16/h1-6,18H,(H2,17,19). The zero-order valence-corrected chi connectivity index (χ0v) is 12.7. The van der Waals surface area contributed by atoms with Crippen LogP contribution < -0.4 is 11.1 Å². The molecule has 0 aliphatic carbocycles. The number of hydrogen-bond acceptors (Lipinski definition) is 2. The van der Waals surface area contributed by atoms with Crippen LogP contribution in [-0.2, 0) is 0 Å². The second kappa shape index (κ2) is 5.86. The predicted octanol–water partition coefficient (Wildman–Crippen LogP) is 4.62. The Morgan fingerprint density at radius 3 is 2.63 bits per heavy atom. The maximum absolute atomic E-state index is 13.7. The van der Waals surface area contributed by atoms with Crippen LogP contribution in [0.15, 0.2) is 40.9 Å². The number of anilines is 2. The van der Waals surface area contributed by atoms with Crippen molar-refractivity contribution >= 4 is 56.1 Å². The normalized spacial score (nSPS) is 10.3. The minimum Gasteiger partial charge on any atom is -0.389 e. The molecular weight excluding hydrogens is 351 g/mol. The van der Waals surface area contributed by atoms with Gasteiger partial charge in [-0.1, -0.05) is 39.7 Å². The molecule has 0 aliphatic heterocycles. The number of nitrogens with one attached hydrogen (secondary N) is 1. The molecule has 0 bridgehead atoms. The molecule has 0 atom stereocenters. The van der Waals surface area contributed by atoms with Crippen LogP contribution in [0.3, 0.4) is 0 Å². The van der Waals surface area contributed by atoms with Crippen molar-refractivity contribution in [2.75, 3.05) is 5.32 Å². The largest absolute Gasteiger partial charge is 0.389 e. The molecule has 0 heterocycles. The summed E-state index contributed by atoms with van der Waals surface area (Å²) in [5.74, 6) is -0.404. The lowest BCUT2D eigenvalue weighted by Crippen LogP contribution is -2.12. The highest BCUT2D eigenvalue weighted by Gasteiger charge is 2.09. The van der Waals surface area contributed by atoms with Crippen LogP contribution in [0, 0.1) is 5.82 Å². The first-order chi connectivity index (χ1) is 8.97. The van der Waals surface area contributed by atoms with E-state index in [1.165, 1.54) is 18.2 Å². The topological polar surface area (TPSA) is 38.0 Å². The highest BCUT2D eigenvalue weighted by Crippen LogP contribution is 2.28. The predicted molar refractivity (Wildman–Crippen MR) is 84.7 cm³/mol. The van der Waals surface area contributed by atoms with Gasteiger partial charge < -0.3 is 11.1 Å². The Kier molecular flexibility index (Phi) is 4.39. The van der Waals surface area contributed by atoms with Gasteiger partial charge in [0.1, 0.15) is 10.8 Å². The summed E-state index contributed by atoms with van der Waals surface area (Å²) in [6.07, 6.45) is 0. The third kappa shape index (κ3) is 3.43. The van der Waals surface area contributed by atoms with E-state index in [2.05, 4.69) is 21.2 Å². The van der Waals surface area contributed by atoms with E-state index >= 15 is 0 Å². The van der Waals surface area contributed by atoms with Crippen LogP contribution >= 0.6 is 39.7 Å². The number of hydrogen-bond donors (Lipinski definition) is 2. The molecule has 0 aliphatic rings. The van der Waals surface area contributed by atoms with Crippen LogP contribution in [0.2, 0.25) is 5.02 Å². The van der Waals surface area contributed by atoms with Crippen LogP contribution in [0.5, 0.6) is 0 Å². The van der Waals surface area contributed by atoms with Crippen molar-refractivity contribution in [2.45, 2.75) is 0 Å². The summed E-state index contributed by atoms with van der Waals surface area (Å²) in [7, 11) is 0. The molecule has 19 heavy (non-hydrogen) atoms. The van der Waals surface area contributed by atoms with E-state index in [1.54, 1.807) is 12.1 Å². The van der Waals surface area contributed by atoms with Crippen molar-refractivity contribution in [3.63, 3.8) is 0 Å². The lowest BCUT2D eigenvalue weighted by atomic mass is 10.1. The minimum atomic E-state index is -0.404. The van der Waals surface area contributed by atoms with Gasteiger partial charge in [-0.05, 0) is 36.4 Å².